The Morgan fingerprint density at radius 3 is 2.71 bits per heavy atom. The summed E-state index contributed by atoms with van der Waals surface area (Å²) < 4.78 is 11.4. The fourth-order valence-corrected chi connectivity index (χ4v) is 1.80. The maximum Gasteiger partial charge on any atom is 0.240 e. The minimum absolute atomic E-state index is 0.414. The molecule has 0 aliphatic heterocycles. The number of rotatable bonds is 6. The molecule has 0 spiro atoms. The van der Waals surface area contributed by atoms with Crippen molar-refractivity contribution in [2.45, 2.75) is 27.2 Å². The van der Waals surface area contributed by atoms with Gasteiger partial charge in [-0.25, -0.2) is 0 Å². The number of aryl methyl sites for hydroxylation is 1. The van der Waals surface area contributed by atoms with Gasteiger partial charge in [0.05, 0.1) is 12.3 Å². The van der Waals surface area contributed by atoms with Gasteiger partial charge in [0.2, 0.25) is 11.8 Å². The minimum atomic E-state index is 0.414. The average Bonchev–Trinajstić information content (AvgIpc) is 2.48. The third kappa shape index (κ3) is 4.38. The van der Waals surface area contributed by atoms with E-state index in [-0.39, 0.29) is 0 Å². The van der Waals surface area contributed by atoms with Crippen molar-refractivity contribution in [1.29, 1.82) is 0 Å². The van der Waals surface area contributed by atoms with Gasteiger partial charge < -0.3 is 15.2 Å². The number of nitrogens with two attached hydrogens (primary N) is 1. The molecule has 0 saturated carbocycles. The summed E-state index contributed by atoms with van der Waals surface area (Å²) in [5, 5.41) is 0. The molecule has 4 heteroatoms. The monoisotopic (exact) mass is 286 g/mol. The van der Waals surface area contributed by atoms with Crippen LogP contribution in [0.4, 0.5) is 5.69 Å². The molecule has 2 aromatic rings. The molecule has 1 aromatic heterocycles. The fourth-order valence-electron chi connectivity index (χ4n) is 1.80. The zero-order valence-corrected chi connectivity index (χ0v) is 12.8. The summed E-state index contributed by atoms with van der Waals surface area (Å²) in [6.07, 6.45) is 0.967. The lowest BCUT2D eigenvalue weighted by atomic mass is 10.2. The van der Waals surface area contributed by atoms with Gasteiger partial charge in [0.15, 0.2) is 0 Å². The number of benzene rings is 1. The largest absolute Gasteiger partial charge is 0.476 e. The van der Waals surface area contributed by atoms with Crippen molar-refractivity contribution in [3.8, 4) is 17.5 Å². The summed E-state index contributed by atoms with van der Waals surface area (Å²) >= 11 is 0. The number of ether oxygens (including phenoxy) is 2. The van der Waals surface area contributed by atoms with Crippen LogP contribution in [0.15, 0.2) is 36.4 Å². The highest BCUT2D eigenvalue weighted by molar-refractivity contribution is 5.49. The Morgan fingerprint density at radius 1 is 1.19 bits per heavy atom. The molecule has 2 rings (SSSR count). The van der Waals surface area contributed by atoms with Crippen LogP contribution in [0, 0.1) is 5.92 Å². The van der Waals surface area contributed by atoms with Crippen LogP contribution in [0.3, 0.4) is 0 Å². The van der Waals surface area contributed by atoms with E-state index in [4.69, 9.17) is 15.2 Å². The fraction of sp³-hybridized carbons (Fsp3) is 0.353. The summed E-state index contributed by atoms with van der Waals surface area (Å²) in [6, 6.07) is 11.5. The molecule has 0 radical (unpaired) electrons. The molecule has 1 heterocycles. The van der Waals surface area contributed by atoms with Gasteiger partial charge in [0, 0.05) is 6.07 Å². The first-order chi connectivity index (χ1) is 10.1. The third-order valence-electron chi connectivity index (χ3n) is 2.95. The van der Waals surface area contributed by atoms with Crippen LogP contribution in [0.5, 0.6) is 17.5 Å². The number of nitrogens with zero attached hydrogens (tertiary/aromatic N) is 1. The Kier molecular flexibility index (Phi) is 5.04. The van der Waals surface area contributed by atoms with Crippen LogP contribution in [-0.2, 0) is 6.42 Å². The predicted octanol–water partition coefficient (Wildman–Crippen LogP) is 4.05. The van der Waals surface area contributed by atoms with E-state index < -0.39 is 0 Å². The summed E-state index contributed by atoms with van der Waals surface area (Å²) in [5.74, 6) is 2.09. The van der Waals surface area contributed by atoms with E-state index >= 15 is 0 Å². The number of nitrogen functional groups attached to an aromatic ring is 1. The highest BCUT2D eigenvalue weighted by Gasteiger charge is 2.07. The summed E-state index contributed by atoms with van der Waals surface area (Å²) in [5.41, 5.74) is 7.61. The molecule has 2 N–H and O–H groups in total. The van der Waals surface area contributed by atoms with Crippen molar-refractivity contribution in [1.82, 2.24) is 4.98 Å². The first-order valence-corrected chi connectivity index (χ1v) is 7.24. The highest BCUT2D eigenvalue weighted by atomic mass is 16.5. The molecular formula is C17H22N2O2. The molecule has 0 bridgehead atoms. The summed E-state index contributed by atoms with van der Waals surface area (Å²) in [6.45, 7) is 6.84. The van der Waals surface area contributed by atoms with E-state index in [2.05, 4.69) is 31.8 Å². The van der Waals surface area contributed by atoms with E-state index in [1.807, 2.05) is 18.2 Å². The molecule has 1 aromatic carbocycles. The molecule has 0 aliphatic rings. The van der Waals surface area contributed by atoms with E-state index in [0.717, 1.165) is 12.2 Å². The van der Waals surface area contributed by atoms with E-state index in [0.29, 0.717) is 30.0 Å². The van der Waals surface area contributed by atoms with Gasteiger partial charge in [0.1, 0.15) is 5.75 Å². The molecular weight excluding hydrogens is 264 g/mol. The van der Waals surface area contributed by atoms with Crippen LogP contribution in [0.1, 0.15) is 26.3 Å². The SMILES string of the molecule is CCc1cccc(Oc2ccc(N)c(OCC(C)C)n2)c1. The number of hydrogen-bond donors (Lipinski definition) is 1. The second-order valence-electron chi connectivity index (χ2n) is 5.35. The zero-order valence-electron chi connectivity index (χ0n) is 12.8. The van der Waals surface area contributed by atoms with Crippen molar-refractivity contribution in [2.24, 2.45) is 5.92 Å². The number of pyridine rings is 1. The van der Waals surface area contributed by atoms with Crippen LogP contribution < -0.4 is 15.2 Å². The lowest BCUT2D eigenvalue weighted by molar-refractivity contribution is 0.260. The van der Waals surface area contributed by atoms with Crippen molar-refractivity contribution < 1.29 is 9.47 Å². The Labute approximate surface area is 125 Å². The Bertz CT molecular complexity index is 597. The normalized spacial score (nSPS) is 10.7. The van der Waals surface area contributed by atoms with Gasteiger partial charge in [-0.3, -0.25) is 0 Å². The van der Waals surface area contributed by atoms with Crippen molar-refractivity contribution in [2.75, 3.05) is 12.3 Å². The van der Waals surface area contributed by atoms with Crippen LogP contribution >= 0.6 is 0 Å². The summed E-state index contributed by atoms with van der Waals surface area (Å²) in [7, 11) is 0. The molecule has 21 heavy (non-hydrogen) atoms. The molecule has 0 amide bonds. The molecule has 4 nitrogen and oxygen atoms in total. The van der Waals surface area contributed by atoms with Crippen molar-refractivity contribution in [3.05, 3.63) is 42.0 Å². The van der Waals surface area contributed by atoms with Crippen LogP contribution in [0.2, 0.25) is 0 Å². The Balaban J connectivity index is 2.14. The third-order valence-corrected chi connectivity index (χ3v) is 2.95. The first-order valence-electron chi connectivity index (χ1n) is 7.24. The topological polar surface area (TPSA) is 57.4 Å². The number of aromatic nitrogens is 1. The van der Waals surface area contributed by atoms with Gasteiger partial charge in [0.25, 0.3) is 0 Å². The van der Waals surface area contributed by atoms with Crippen molar-refractivity contribution in [3.63, 3.8) is 0 Å². The second kappa shape index (κ2) is 6.97. The second-order valence-corrected chi connectivity index (χ2v) is 5.35. The molecule has 0 aliphatic carbocycles. The van der Waals surface area contributed by atoms with Gasteiger partial charge in [-0.1, -0.05) is 32.9 Å². The molecule has 0 saturated heterocycles. The quantitative estimate of drug-likeness (QED) is 0.870. The molecule has 0 unspecified atom stereocenters. The van der Waals surface area contributed by atoms with Crippen LogP contribution in [-0.4, -0.2) is 11.6 Å². The maximum absolute atomic E-state index is 5.87. The van der Waals surface area contributed by atoms with E-state index in [1.54, 1.807) is 12.1 Å². The molecule has 0 fully saturated rings. The predicted molar refractivity (Wildman–Crippen MR) is 84.9 cm³/mol. The highest BCUT2D eigenvalue weighted by Crippen LogP contribution is 2.26. The summed E-state index contributed by atoms with van der Waals surface area (Å²) in [4.78, 5) is 4.33. The van der Waals surface area contributed by atoms with E-state index in [1.165, 1.54) is 5.56 Å². The zero-order chi connectivity index (χ0) is 15.2. The average molecular weight is 286 g/mol. The van der Waals surface area contributed by atoms with Gasteiger partial charge >= 0.3 is 0 Å². The minimum Gasteiger partial charge on any atom is -0.476 e. The van der Waals surface area contributed by atoms with Gasteiger partial charge in [-0.05, 0) is 36.1 Å². The van der Waals surface area contributed by atoms with Crippen LogP contribution in [0.25, 0.3) is 0 Å². The van der Waals surface area contributed by atoms with Gasteiger partial charge in [-0.2, -0.15) is 4.98 Å². The standard InChI is InChI=1S/C17H22N2O2/c1-4-13-6-5-7-14(10-13)21-16-9-8-15(18)17(19-16)20-11-12(2)3/h5-10,12H,4,11,18H2,1-3H3. The van der Waals surface area contributed by atoms with E-state index in [9.17, 15) is 0 Å². The lowest BCUT2D eigenvalue weighted by Gasteiger charge is -2.12. The smallest absolute Gasteiger partial charge is 0.240 e. The van der Waals surface area contributed by atoms with Gasteiger partial charge in [-0.15, -0.1) is 0 Å². The Morgan fingerprint density at radius 2 is 2.00 bits per heavy atom. The number of hydrogen-bond acceptors (Lipinski definition) is 4. The van der Waals surface area contributed by atoms with Crippen molar-refractivity contribution >= 4 is 5.69 Å². The molecule has 112 valence electrons. The Hall–Kier alpha value is -2.23. The molecule has 0 atom stereocenters. The first kappa shape index (κ1) is 15.2. The lowest BCUT2D eigenvalue weighted by Crippen LogP contribution is -2.07. The number of anilines is 1. The maximum atomic E-state index is 5.87.